The maximum Gasteiger partial charge on any atom is 0.124 e. The van der Waals surface area contributed by atoms with Gasteiger partial charge in [0.25, 0.3) is 0 Å². The molecule has 1 rings (SSSR count). The van der Waals surface area contributed by atoms with Crippen LogP contribution in [-0.2, 0) is 0 Å². The molecule has 0 N–H and O–H groups in total. The van der Waals surface area contributed by atoms with Gasteiger partial charge in [0.2, 0.25) is 0 Å². The molecule has 0 spiro atoms. The van der Waals surface area contributed by atoms with E-state index in [1.807, 2.05) is 12.8 Å². The molecule has 10 heavy (non-hydrogen) atoms. The molecule has 0 aliphatic rings. The lowest BCUT2D eigenvalue weighted by atomic mass is 10.3. The Morgan fingerprint density at radius 1 is 1.40 bits per heavy atom. The molecule has 0 unspecified atom stereocenters. The highest BCUT2D eigenvalue weighted by Crippen LogP contribution is 1.95. The molecule has 0 saturated heterocycles. The first-order valence-corrected chi connectivity index (χ1v) is 2.68. The van der Waals surface area contributed by atoms with Crippen molar-refractivity contribution < 1.29 is 2.74 Å². The molecule has 0 saturated carbocycles. The smallest absolute Gasteiger partial charge is 0.124 e. The zero-order valence-electron chi connectivity index (χ0n) is 7.18. The SMILES string of the molecule is [2H]C#Cc1ccc(C#C[2H])nc1. The van der Waals surface area contributed by atoms with Crippen LogP contribution >= 0.6 is 0 Å². The molecule has 0 radical (unpaired) electrons. The molecule has 0 aliphatic carbocycles. The molecule has 0 amide bonds. The maximum atomic E-state index is 6.63. The van der Waals surface area contributed by atoms with E-state index < -0.39 is 0 Å². The number of pyridine rings is 1. The van der Waals surface area contributed by atoms with Crippen LogP contribution in [0.5, 0.6) is 0 Å². The third-order valence-corrected chi connectivity index (χ3v) is 1.04. The summed E-state index contributed by atoms with van der Waals surface area (Å²) >= 11 is 0. The second-order valence-corrected chi connectivity index (χ2v) is 1.68. The quantitative estimate of drug-likeness (QED) is 0.477. The van der Waals surface area contributed by atoms with Gasteiger partial charge in [0.1, 0.15) is 8.44 Å². The van der Waals surface area contributed by atoms with Gasteiger partial charge in [-0.15, -0.1) is 12.8 Å². The number of nitrogens with zero attached hydrogens (tertiary/aromatic N) is 1. The number of hydrogen-bond acceptors (Lipinski definition) is 1. The van der Waals surface area contributed by atoms with Gasteiger partial charge < -0.3 is 0 Å². The Kier molecular flexibility index (Phi) is 1.12. The predicted molar refractivity (Wildman–Crippen MR) is 40.1 cm³/mol. The highest BCUT2D eigenvalue weighted by Gasteiger charge is 1.86. The highest BCUT2D eigenvalue weighted by molar-refractivity contribution is 5.33. The minimum atomic E-state index is 0.542. The Morgan fingerprint density at radius 3 is 2.90 bits per heavy atom. The topological polar surface area (TPSA) is 12.9 Å². The van der Waals surface area contributed by atoms with Gasteiger partial charge in [0.15, 0.2) is 0 Å². The van der Waals surface area contributed by atoms with E-state index in [1.54, 1.807) is 12.1 Å². The average molecular weight is 129 g/mol. The fourth-order valence-electron chi connectivity index (χ4n) is 0.542. The van der Waals surface area contributed by atoms with Gasteiger partial charge >= 0.3 is 0 Å². The molecule has 1 heterocycles. The van der Waals surface area contributed by atoms with Crippen LogP contribution in [0.3, 0.4) is 0 Å². The van der Waals surface area contributed by atoms with Gasteiger partial charge in [-0.1, -0.05) is 11.8 Å². The Balaban J connectivity index is 2.95. The summed E-state index contributed by atoms with van der Waals surface area (Å²) in [4.78, 5) is 3.91. The van der Waals surface area contributed by atoms with E-state index in [2.05, 4.69) is 16.8 Å². The molecule has 0 bridgehead atoms. The first-order valence-electron chi connectivity index (χ1n) is 3.68. The lowest BCUT2D eigenvalue weighted by Crippen LogP contribution is -1.81. The van der Waals surface area contributed by atoms with Crippen molar-refractivity contribution in [3.63, 3.8) is 0 Å². The summed E-state index contributed by atoms with van der Waals surface area (Å²) in [5.41, 5.74) is 1.22. The predicted octanol–water partition coefficient (Wildman–Crippen LogP) is 1.04. The molecule has 0 fully saturated rings. The van der Waals surface area contributed by atoms with Gasteiger partial charge in [-0.25, -0.2) is 4.98 Å². The van der Waals surface area contributed by atoms with Crippen LogP contribution in [0, 0.1) is 24.6 Å². The zero-order valence-corrected chi connectivity index (χ0v) is 5.18. The van der Waals surface area contributed by atoms with Gasteiger partial charge in [-0.05, 0) is 12.1 Å². The van der Waals surface area contributed by atoms with Crippen molar-refractivity contribution in [2.24, 2.45) is 0 Å². The first-order chi connectivity index (χ1) is 5.86. The molecular formula is C9H5N. The van der Waals surface area contributed by atoms with Crippen LogP contribution in [0.1, 0.15) is 14.0 Å². The third-order valence-electron chi connectivity index (χ3n) is 1.04. The second-order valence-electron chi connectivity index (χ2n) is 1.68. The first kappa shape index (κ1) is 4.14. The number of aromatic nitrogens is 1. The van der Waals surface area contributed by atoms with E-state index in [0.717, 1.165) is 0 Å². The Morgan fingerprint density at radius 2 is 2.30 bits per heavy atom. The Bertz CT molecular complexity index is 334. The number of terminal acetylenes is 2. The van der Waals surface area contributed by atoms with Crippen molar-refractivity contribution in [3.8, 4) is 24.6 Å². The summed E-state index contributed by atoms with van der Waals surface area (Å²) in [6.45, 7) is 0. The molecule has 1 nitrogen and oxygen atoms in total. The fourth-order valence-corrected chi connectivity index (χ4v) is 0.542. The minimum absolute atomic E-state index is 0.542. The van der Waals surface area contributed by atoms with Crippen LogP contribution in [0.2, 0.25) is 0 Å². The summed E-state index contributed by atoms with van der Waals surface area (Å²) in [5.74, 6) is 5.02. The lowest BCUT2D eigenvalue weighted by molar-refractivity contribution is 1.28. The zero-order chi connectivity index (χ0) is 8.81. The largest absolute Gasteiger partial charge is 0.247 e. The van der Waals surface area contributed by atoms with Crippen molar-refractivity contribution in [3.05, 3.63) is 29.6 Å². The van der Waals surface area contributed by atoms with Gasteiger partial charge in [0, 0.05) is 11.8 Å². The van der Waals surface area contributed by atoms with E-state index in [-0.39, 0.29) is 0 Å². The van der Waals surface area contributed by atoms with Crippen LogP contribution in [0.4, 0.5) is 0 Å². The maximum absolute atomic E-state index is 6.63. The van der Waals surface area contributed by atoms with Crippen molar-refractivity contribution in [2.75, 3.05) is 0 Å². The molecule has 0 atom stereocenters. The summed E-state index contributed by atoms with van der Waals surface area (Å²) in [6.07, 6.45) is 5.55. The van der Waals surface area contributed by atoms with E-state index in [0.29, 0.717) is 11.3 Å². The van der Waals surface area contributed by atoms with Gasteiger partial charge in [-0.2, -0.15) is 0 Å². The van der Waals surface area contributed by atoms with E-state index in [9.17, 15) is 0 Å². The molecule has 1 aromatic heterocycles. The fraction of sp³-hybridized carbons (Fsp3) is 0. The van der Waals surface area contributed by atoms with E-state index in [4.69, 9.17) is 2.74 Å². The number of hydrogen-bond donors (Lipinski definition) is 0. The van der Waals surface area contributed by atoms with Crippen molar-refractivity contribution in [2.45, 2.75) is 0 Å². The lowest BCUT2D eigenvalue weighted by Gasteiger charge is -1.88. The molecular weight excluding hydrogens is 122 g/mol. The summed E-state index contributed by atoms with van der Waals surface area (Å²) < 4.78 is 13.2. The normalized spacial score (nSPS) is 9.20. The standard InChI is InChI=1S/C9H5N/c1-3-8-5-6-9(4-2)10-7-8/h1-2,5-7H/i1D,2D. The minimum Gasteiger partial charge on any atom is -0.247 e. The van der Waals surface area contributed by atoms with Gasteiger partial charge in [0.05, 0.1) is 0 Å². The van der Waals surface area contributed by atoms with Crippen LogP contribution < -0.4 is 0 Å². The Labute approximate surface area is 62.9 Å². The molecule has 46 valence electrons. The van der Waals surface area contributed by atoms with Crippen LogP contribution in [0.15, 0.2) is 18.3 Å². The molecule has 1 aromatic rings. The van der Waals surface area contributed by atoms with Gasteiger partial charge in [-0.3, -0.25) is 0 Å². The monoisotopic (exact) mass is 129 g/mol. The third kappa shape index (κ3) is 1.16. The van der Waals surface area contributed by atoms with Crippen molar-refractivity contribution in [1.29, 1.82) is 0 Å². The van der Waals surface area contributed by atoms with E-state index in [1.165, 1.54) is 6.20 Å². The molecule has 0 aromatic carbocycles. The number of rotatable bonds is 0. The summed E-state index contributed by atoms with van der Waals surface area (Å²) in [7, 11) is 0. The van der Waals surface area contributed by atoms with Crippen molar-refractivity contribution in [1.82, 2.24) is 4.98 Å². The summed E-state index contributed by atoms with van der Waals surface area (Å²) in [6, 6.07) is 3.38. The average Bonchev–Trinajstić information content (AvgIpc) is 2.09. The molecule has 0 aliphatic heterocycles. The second kappa shape index (κ2) is 2.71. The van der Waals surface area contributed by atoms with Crippen molar-refractivity contribution >= 4 is 0 Å². The highest BCUT2D eigenvalue weighted by atomic mass is 14.7. The Hall–Kier alpha value is -1.73. The molecule has 1 heteroatoms. The van der Waals surface area contributed by atoms with Crippen LogP contribution in [0.25, 0.3) is 0 Å². The summed E-state index contributed by atoms with van der Waals surface area (Å²) in [5, 5.41) is 0. The van der Waals surface area contributed by atoms with Crippen LogP contribution in [-0.4, -0.2) is 4.98 Å². The van der Waals surface area contributed by atoms with E-state index >= 15 is 0 Å².